The van der Waals surface area contributed by atoms with E-state index in [2.05, 4.69) is 84.8 Å². The van der Waals surface area contributed by atoms with Crippen LogP contribution in [0.15, 0.2) is 0 Å². The fourth-order valence-corrected chi connectivity index (χ4v) is 8.73. The summed E-state index contributed by atoms with van der Waals surface area (Å²) in [5, 5.41) is 7.85. The number of rotatable bonds is 16. The molecule has 2 N–H and O–H groups in total. The van der Waals surface area contributed by atoms with Gasteiger partial charge in [0.2, 0.25) is 5.91 Å². The lowest BCUT2D eigenvalue weighted by atomic mass is 9.61. The lowest BCUT2D eigenvalue weighted by Crippen LogP contribution is -2.61. The smallest absolute Gasteiger partial charge is 0.222 e. The molecule has 0 atom stereocenters. The molecule has 0 spiro atoms. The van der Waals surface area contributed by atoms with Crippen molar-refractivity contribution in [2.75, 3.05) is 13.1 Å². The van der Waals surface area contributed by atoms with Crippen LogP contribution >= 0.6 is 0 Å². The fraction of sp³-hybridized carbons (Fsp3) is 0.971. The van der Waals surface area contributed by atoms with Crippen molar-refractivity contribution in [3.05, 3.63) is 0 Å². The second kappa shape index (κ2) is 15.0. The van der Waals surface area contributed by atoms with Gasteiger partial charge in [-0.2, -0.15) is 0 Å². The summed E-state index contributed by atoms with van der Waals surface area (Å²) in [4.78, 5) is 15.8. The molecule has 4 nitrogen and oxygen atoms in total. The number of unbranched alkanes of at least 4 members (excludes halogenated alkanes) is 6. The van der Waals surface area contributed by atoms with Crippen LogP contribution in [0.5, 0.6) is 0 Å². The molecule has 0 saturated carbocycles. The maximum absolute atomic E-state index is 13.5. The third kappa shape index (κ3) is 12.4. The van der Waals surface area contributed by atoms with Crippen LogP contribution < -0.4 is 10.6 Å². The van der Waals surface area contributed by atoms with Gasteiger partial charge in [0.1, 0.15) is 0 Å². The molecule has 0 aromatic carbocycles. The molecule has 0 radical (unpaired) electrons. The predicted octanol–water partition coefficient (Wildman–Crippen LogP) is 8.88. The number of nitrogens with one attached hydrogen (secondary N) is 2. The molecule has 39 heavy (non-hydrogen) atoms. The van der Waals surface area contributed by atoms with Crippen molar-refractivity contribution in [2.45, 2.75) is 188 Å². The zero-order chi connectivity index (χ0) is 29.3. The summed E-state index contributed by atoms with van der Waals surface area (Å²) in [6.07, 6.45) is 17.8. The highest BCUT2D eigenvalue weighted by atomic mass is 16.2. The Labute approximate surface area is 244 Å². The summed E-state index contributed by atoms with van der Waals surface area (Å²) < 4.78 is 0. The monoisotopic (exact) mass is 548 g/mol. The van der Waals surface area contributed by atoms with E-state index in [1.165, 1.54) is 70.6 Å². The summed E-state index contributed by atoms with van der Waals surface area (Å²) in [5.41, 5.74) is 0.636. The van der Waals surface area contributed by atoms with Crippen molar-refractivity contribution in [1.82, 2.24) is 15.5 Å². The van der Waals surface area contributed by atoms with Crippen molar-refractivity contribution in [3.63, 3.8) is 0 Å². The molecular weight excluding hydrogens is 478 g/mol. The largest absolute Gasteiger partial charge is 0.343 e. The predicted molar refractivity (Wildman–Crippen MR) is 170 cm³/mol. The zero-order valence-corrected chi connectivity index (χ0v) is 28.1. The van der Waals surface area contributed by atoms with Crippen molar-refractivity contribution in [1.29, 1.82) is 0 Å². The van der Waals surface area contributed by atoms with Crippen LogP contribution in [-0.2, 0) is 4.79 Å². The molecule has 0 aliphatic carbocycles. The third-order valence-corrected chi connectivity index (χ3v) is 9.50. The van der Waals surface area contributed by atoms with Crippen LogP contribution in [0.2, 0.25) is 0 Å². The second-order valence-electron chi connectivity index (χ2n) is 16.2. The minimum Gasteiger partial charge on any atom is -0.343 e. The average Bonchev–Trinajstić information content (AvgIpc) is 2.76. The van der Waals surface area contributed by atoms with Gasteiger partial charge in [-0.1, -0.05) is 52.4 Å². The SMILES string of the molecule is CCCCCCN(CCCCCC)C(=O)CCCC(C1CC(C)(C)NC(C)(C)C1)C1CC(C)(C)NC(C)(C)C1. The van der Waals surface area contributed by atoms with Gasteiger partial charge in [-0.05, 0) is 125 Å². The van der Waals surface area contributed by atoms with E-state index in [9.17, 15) is 4.79 Å². The molecule has 2 saturated heterocycles. The molecule has 0 aromatic heterocycles. The fourth-order valence-electron chi connectivity index (χ4n) is 8.73. The molecule has 2 aliphatic rings. The number of piperidine rings is 2. The van der Waals surface area contributed by atoms with Gasteiger partial charge in [0, 0.05) is 41.7 Å². The van der Waals surface area contributed by atoms with Gasteiger partial charge in [0.15, 0.2) is 0 Å². The minimum absolute atomic E-state index is 0.159. The number of carbonyl (C=O) groups excluding carboxylic acids is 1. The molecule has 0 unspecified atom stereocenters. The van der Waals surface area contributed by atoms with Crippen molar-refractivity contribution in [2.24, 2.45) is 17.8 Å². The van der Waals surface area contributed by atoms with E-state index < -0.39 is 0 Å². The summed E-state index contributed by atoms with van der Waals surface area (Å²) in [6.45, 7) is 25.6. The molecular formula is C35H69N3O. The van der Waals surface area contributed by atoms with Gasteiger partial charge < -0.3 is 15.5 Å². The van der Waals surface area contributed by atoms with Crippen LogP contribution in [0.25, 0.3) is 0 Å². The zero-order valence-electron chi connectivity index (χ0n) is 28.1. The first kappa shape index (κ1) is 34.6. The Balaban J connectivity index is 2.12. The Morgan fingerprint density at radius 2 is 1.03 bits per heavy atom. The molecule has 2 heterocycles. The molecule has 230 valence electrons. The Kier molecular flexibility index (Phi) is 13.3. The van der Waals surface area contributed by atoms with Gasteiger partial charge in [-0.3, -0.25) is 4.79 Å². The number of nitrogens with zero attached hydrogens (tertiary/aromatic N) is 1. The van der Waals surface area contributed by atoms with E-state index in [0.717, 1.165) is 38.8 Å². The van der Waals surface area contributed by atoms with Crippen LogP contribution in [0, 0.1) is 17.8 Å². The molecule has 2 fully saturated rings. The topological polar surface area (TPSA) is 44.4 Å². The van der Waals surface area contributed by atoms with Gasteiger partial charge in [0.05, 0.1) is 0 Å². The van der Waals surface area contributed by atoms with Crippen molar-refractivity contribution >= 4 is 5.91 Å². The molecule has 1 amide bonds. The highest BCUT2D eigenvalue weighted by molar-refractivity contribution is 5.76. The van der Waals surface area contributed by atoms with Gasteiger partial charge in [-0.15, -0.1) is 0 Å². The maximum atomic E-state index is 13.5. The minimum atomic E-state index is 0.159. The van der Waals surface area contributed by atoms with E-state index in [1.807, 2.05) is 0 Å². The summed E-state index contributed by atoms with van der Waals surface area (Å²) in [7, 11) is 0. The summed E-state index contributed by atoms with van der Waals surface area (Å²) in [6, 6.07) is 0. The number of amides is 1. The van der Waals surface area contributed by atoms with Crippen LogP contribution in [-0.4, -0.2) is 46.1 Å². The highest BCUT2D eigenvalue weighted by Gasteiger charge is 2.46. The molecule has 0 aromatic rings. The van der Waals surface area contributed by atoms with E-state index in [4.69, 9.17) is 0 Å². The first-order valence-corrected chi connectivity index (χ1v) is 17.0. The normalized spacial score (nSPS) is 22.7. The maximum Gasteiger partial charge on any atom is 0.222 e. The quantitative estimate of drug-likeness (QED) is 0.190. The van der Waals surface area contributed by atoms with E-state index in [0.29, 0.717) is 23.7 Å². The summed E-state index contributed by atoms with van der Waals surface area (Å²) >= 11 is 0. The Morgan fingerprint density at radius 3 is 1.38 bits per heavy atom. The number of hydrogen-bond acceptors (Lipinski definition) is 3. The van der Waals surface area contributed by atoms with E-state index >= 15 is 0 Å². The van der Waals surface area contributed by atoms with Gasteiger partial charge in [0.25, 0.3) is 0 Å². The Morgan fingerprint density at radius 1 is 0.641 bits per heavy atom. The first-order valence-electron chi connectivity index (χ1n) is 17.0. The third-order valence-electron chi connectivity index (χ3n) is 9.50. The number of carbonyl (C=O) groups is 1. The molecule has 4 heteroatoms. The van der Waals surface area contributed by atoms with Crippen molar-refractivity contribution in [3.8, 4) is 0 Å². The van der Waals surface area contributed by atoms with Crippen molar-refractivity contribution < 1.29 is 4.79 Å². The molecule has 0 bridgehead atoms. The average molecular weight is 548 g/mol. The molecule has 2 aliphatic heterocycles. The van der Waals surface area contributed by atoms with E-state index in [1.54, 1.807) is 0 Å². The number of hydrogen-bond donors (Lipinski definition) is 2. The second-order valence-corrected chi connectivity index (χ2v) is 16.2. The highest BCUT2D eigenvalue weighted by Crippen LogP contribution is 2.47. The Bertz CT molecular complexity index is 643. The van der Waals surface area contributed by atoms with Gasteiger partial charge >= 0.3 is 0 Å². The van der Waals surface area contributed by atoms with Crippen LogP contribution in [0.3, 0.4) is 0 Å². The van der Waals surface area contributed by atoms with Crippen LogP contribution in [0.1, 0.15) is 166 Å². The lowest BCUT2D eigenvalue weighted by molar-refractivity contribution is -0.131. The standard InChI is InChI=1S/C35H69N3O/c1-11-13-15-17-22-38(23-18-16-14-12-2)31(39)21-19-20-30(28-24-32(3,4)36-33(5,6)25-28)29-26-34(7,8)37-35(9,10)27-29/h28-30,36-37H,11-27H2,1-10H3. The summed E-state index contributed by atoms with van der Waals surface area (Å²) in [5.74, 6) is 2.51. The van der Waals surface area contributed by atoms with Crippen LogP contribution in [0.4, 0.5) is 0 Å². The first-order chi connectivity index (χ1) is 18.1. The Hall–Kier alpha value is -0.610. The van der Waals surface area contributed by atoms with Gasteiger partial charge in [-0.25, -0.2) is 0 Å². The lowest BCUT2D eigenvalue weighted by Gasteiger charge is -2.54. The van der Waals surface area contributed by atoms with E-state index in [-0.39, 0.29) is 22.2 Å². The molecule has 2 rings (SSSR count).